The van der Waals surface area contributed by atoms with Gasteiger partial charge in [0.2, 0.25) is 0 Å². The van der Waals surface area contributed by atoms with Crippen molar-refractivity contribution in [3.05, 3.63) is 30.1 Å². The number of hydrogen-bond donors (Lipinski definition) is 0. The second-order valence-corrected chi connectivity index (χ2v) is 4.50. The van der Waals surface area contributed by atoms with Crippen molar-refractivity contribution in [1.82, 2.24) is 9.88 Å². The Morgan fingerprint density at radius 1 is 1.53 bits per heavy atom. The van der Waals surface area contributed by atoms with E-state index in [0.717, 1.165) is 5.56 Å². The van der Waals surface area contributed by atoms with Gasteiger partial charge in [0.15, 0.2) is 0 Å². The number of aromatic nitrogens is 1. The Labute approximate surface area is 103 Å². The van der Waals surface area contributed by atoms with Crippen LogP contribution in [0.5, 0.6) is 0 Å². The lowest BCUT2D eigenvalue weighted by Gasteiger charge is -2.33. The minimum absolute atomic E-state index is 0.202. The Morgan fingerprint density at radius 3 is 2.76 bits per heavy atom. The molecule has 0 bridgehead atoms. The minimum atomic E-state index is -0.633. The molecule has 1 aromatic rings. The molecule has 0 spiro atoms. The predicted octanol–water partition coefficient (Wildman–Crippen LogP) is 1.86. The molecule has 0 radical (unpaired) electrons. The van der Waals surface area contributed by atoms with Crippen LogP contribution in [0.1, 0.15) is 26.3 Å². The largest absolute Gasteiger partial charge is 0.465 e. The number of rotatable bonds is 5. The van der Waals surface area contributed by atoms with Gasteiger partial charge in [-0.25, -0.2) is 0 Å². The number of carbonyl (C=O) groups is 1. The van der Waals surface area contributed by atoms with E-state index in [1.165, 1.54) is 0 Å². The van der Waals surface area contributed by atoms with Crippen LogP contribution < -0.4 is 0 Å². The highest BCUT2D eigenvalue weighted by Crippen LogP contribution is 2.17. The second kappa shape index (κ2) is 5.77. The fourth-order valence-electron chi connectivity index (χ4n) is 1.43. The summed E-state index contributed by atoms with van der Waals surface area (Å²) in [5.74, 6) is -0.202. The zero-order valence-corrected chi connectivity index (χ0v) is 10.9. The number of carbonyl (C=O) groups excluding carboxylic acids is 1. The summed E-state index contributed by atoms with van der Waals surface area (Å²) in [6, 6.07) is 3.88. The van der Waals surface area contributed by atoms with Crippen molar-refractivity contribution in [3.63, 3.8) is 0 Å². The van der Waals surface area contributed by atoms with Gasteiger partial charge >= 0.3 is 5.97 Å². The third kappa shape index (κ3) is 3.53. The van der Waals surface area contributed by atoms with Crippen molar-refractivity contribution in [3.8, 4) is 0 Å². The summed E-state index contributed by atoms with van der Waals surface area (Å²) in [7, 11) is 1.91. The van der Waals surface area contributed by atoms with Gasteiger partial charge in [-0.3, -0.25) is 14.7 Å². The van der Waals surface area contributed by atoms with E-state index in [9.17, 15) is 4.79 Å². The molecule has 0 aliphatic carbocycles. The van der Waals surface area contributed by atoms with Gasteiger partial charge in [-0.05, 0) is 39.4 Å². The van der Waals surface area contributed by atoms with E-state index >= 15 is 0 Å². The number of hydrogen-bond acceptors (Lipinski definition) is 4. The highest BCUT2D eigenvalue weighted by molar-refractivity contribution is 5.79. The van der Waals surface area contributed by atoms with Crippen LogP contribution in [0.3, 0.4) is 0 Å². The van der Waals surface area contributed by atoms with E-state index in [0.29, 0.717) is 13.2 Å². The summed E-state index contributed by atoms with van der Waals surface area (Å²) in [5.41, 5.74) is 0.443. The van der Waals surface area contributed by atoms with Gasteiger partial charge < -0.3 is 4.74 Å². The predicted molar refractivity (Wildman–Crippen MR) is 66.4 cm³/mol. The molecule has 94 valence electrons. The monoisotopic (exact) mass is 236 g/mol. The SMILES string of the molecule is CCOC(=O)C(C)(C)N(C)Cc1cccnc1. The molecule has 4 heteroatoms. The van der Waals surface area contributed by atoms with Crippen LogP contribution >= 0.6 is 0 Å². The lowest BCUT2D eigenvalue weighted by atomic mass is 10.0. The molecule has 0 saturated carbocycles. The molecule has 0 aliphatic rings. The van der Waals surface area contributed by atoms with E-state index in [4.69, 9.17) is 4.74 Å². The van der Waals surface area contributed by atoms with Crippen molar-refractivity contribution < 1.29 is 9.53 Å². The number of pyridine rings is 1. The van der Waals surface area contributed by atoms with Crippen LogP contribution in [0.2, 0.25) is 0 Å². The first-order chi connectivity index (χ1) is 7.98. The van der Waals surface area contributed by atoms with E-state index in [1.54, 1.807) is 12.4 Å². The Morgan fingerprint density at radius 2 is 2.24 bits per heavy atom. The first kappa shape index (κ1) is 13.6. The molecule has 1 rings (SSSR count). The Balaban J connectivity index is 2.69. The highest BCUT2D eigenvalue weighted by atomic mass is 16.5. The van der Waals surface area contributed by atoms with Crippen LogP contribution in [0.25, 0.3) is 0 Å². The van der Waals surface area contributed by atoms with E-state index in [1.807, 2.05) is 44.9 Å². The van der Waals surface area contributed by atoms with Crippen LogP contribution in [0.4, 0.5) is 0 Å². The molecule has 0 atom stereocenters. The topological polar surface area (TPSA) is 42.4 Å². The molecule has 1 aromatic heterocycles. The van der Waals surface area contributed by atoms with Gasteiger partial charge in [-0.15, -0.1) is 0 Å². The molecule has 0 unspecified atom stereocenters. The maximum absolute atomic E-state index is 11.8. The van der Waals surface area contributed by atoms with Gasteiger partial charge in [0.1, 0.15) is 5.54 Å². The first-order valence-corrected chi connectivity index (χ1v) is 5.76. The van der Waals surface area contributed by atoms with Crippen molar-refractivity contribution >= 4 is 5.97 Å². The quantitative estimate of drug-likeness (QED) is 0.732. The zero-order valence-electron chi connectivity index (χ0n) is 10.9. The lowest BCUT2D eigenvalue weighted by Crippen LogP contribution is -2.48. The van der Waals surface area contributed by atoms with E-state index in [-0.39, 0.29) is 5.97 Å². The molecule has 1 heterocycles. The van der Waals surface area contributed by atoms with Crippen molar-refractivity contribution in [2.75, 3.05) is 13.7 Å². The molecule has 0 saturated heterocycles. The van der Waals surface area contributed by atoms with E-state index in [2.05, 4.69) is 4.98 Å². The molecule has 0 N–H and O–H groups in total. The van der Waals surface area contributed by atoms with Crippen LogP contribution in [0, 0.1) is 0 Å². The summed E-state index contributed by atoms with van der Waals surface area (Å²) in [6.45, 7) is 6.61. The molecule has 17 heavy (non-hydrogen) atoms. The molecule has 0 amide bonds. The minimum Gasteiger partial charge on any atom is -0.465 e. The third-order valence-electron chi connectivity index (χ3n) is 2.87. The number of likely N-dealkylation sites (N-methyl/N-ethyl adjacent to an activating group) is 1. The maximum Gasteiger partial charge on any atom is 0.325 e. The van der Waals surface area contributed by atoms with Gasteiger partial charge in [-0.2, -0.15) is 0 Å². The molecule has 4 nitrogen and oxygen atoms in total. The van der Waals surface area contributed by atoms with Crippen molar-refractivity contribution in [1.29, 1.82) is 0 Å². The van der Waals surface area contributed by atoms with Crippen LogP contribution in [-0.2, 0) is 16.1 Å². The average molecular weight is 236 g/mol. The average Bonchev–Trinajstić information content (AvgIpc) is 2.30. The summed E-state index contributed by atoms with van der Waals surface area (Å²) < 4.78 is 5.07. The zero-order chi connectivity index (χ0) is 12.9. The molecular formula is C13H20N2O2. The molecular weight excluding hydrogens is 216 g/mol. The number of ether oxygens (including phenoxy) is 1. The molecule has 0 aromatic carbocycles. The van der Waals surface area contributed by atoms with Gasteiger partial charge in [0, 0.05) is 18.9 Å². The fraction of sp³-hybridized carbons (Fsp3) is 0.538. The summed E-state index contributed by atoms with van der Waals surface area (Å²) in [5, 5.41) is 0. The second-order valence-electron chi connectivity index (χ2n) is 4.50. The van der Waals surface area contributed by atoms with E-state index < -0.39 is 5.54 Å². The normalized spacial score (nSPS) is 11.6. The van der Waals surface area contributed by atoms with Gasteiger partial charge in [0.05, 0.1) is 6.61 Å². The summed E-state index contributed by atoms with van der Waals surface area (Å²) in [6.07, 6.45) is 3.54. The first-order valence-electron chi connectivity index (χ1n) is 5.76. The van der Waals surface area contributed by atoms with Crippen molar-refractivity contribution in [2.24, 2.45) is 0 Å². The van der Waals surface area contributed by atoms with Gasteiger partial charge in [-0.1, -0.05) is 6.07 Å². The summed E-state index contributed by atoms with van der Waals surface area (Å²) in [4.78, 5) is 17.8. The highest BCUT2D eigenvalue weighted by Gasteiger charge is 2.33. The Kier molecular flexibility index (Phi) is 4.63. The van der Waals surface area contributed by atoms with Gasteiger partial charge in [0.25, 0.3) is 0 Å². The van der Waals surface area contributed by atoms with Crippen LogP contribution in [0.15, 0.2) is 24.5 Å². The smallest absolute Gasteiger partial charge is 0.325 e. The lowest BCUT2D eigenvalue weighted by molar-refractivity contribution is -0.155. The maximum atomic E-state index is 11.8. The molecule has 0 aliphatic heterocycles. The standard InChI is InChI=1S/C13H20N2O2/c1-5-17-12(16)13(2,3)15(4)10-11-7-6-8-14-9-11/h6-9H,5,10H2,1-4H3. The number of esters is 1. The fourth-order valence-corrected chi connectivity index (χ4v) is 1.43. The Hall–Kier alpha value is -1.42. The van der Waals surface area contributed by atoms with Crippen molar-refractivity contribution in [2.45, 2.75) is 32.9 Å². The number of nitrogens with zero attached hydrogens (tertiary/aromatic N) is 2. The summed E-state index contributed by atoms with van der Waals surface area (Å²) >= 11 is 0. The Bertz CT molecular complexity index is 363. The van der Waals surface area contributed by atoms with Crippen LogP contribution in [-0.4, -0.2) is 35.0 Å². The molecule has 0 fully saturated rings. The third-order valence-corrected chi connectivity index (χ3v) is 2.87.